The van der Waals surface area contributed by atoms with Gasteiger partial charge in [-0.2, -0.15) is 0 Å². The quantitative estimate of drug-likeness (QED) is 0.590. The monoisotopic (exact) mass is 394 g/mol. The molecule has 1 unspecified atom stereocenters. The Morgan fingerprint density at radius 1 is 1.21 bits per heavy atom. The Labute approximate surface area is 170 Å². The number of rotatable bonds is 5. The van der Waals surface area contributed by atoms with Crippen LogP contribution in [-0.2, 0) is 11.2 Å². The van der Waals surface area contributed by atoms with Gasteiger partial charge in [-0.1, -0.05) is 30.4 Å². The summed E-state index contributed by atoms with van der Waals surface area (Å²) < 4.78 is 6.95. The molecule has 0 aliphatic carbocycles. The summed E-state index contributed by atoms with van der Waals surface area (Å²) >= 11 is 1.59. The summed E-state index contributed by atoms with van der Waals surface area (Å²) in [5.41, 5.74) is 5.25. The van der Waals surface area contributed by atoms with Crippen molar-refractivity contribution in [2.45, 2.75) is 46.1 Å². The van der Waals surface area contributed by atoms with E-state index < -0.39 is 0 Å². The number of thiazole rings is 1. The van der Waals surface area contributed by atoms with Crippen LogP contribution in [0.3, 0.4) is 0 Å². The van der Waals surface area contributed by atoms with E-state index in [-0.39, 0.29) is 12.0 Å². The summed E-state index contributed by atoms with van der Waals surface area (Å²) in [4.78, 5) is 20.0. The van der Waals surface area contributed by atoms with Crippen molar-refractivity contribution in [2.75, 3.05) is 18.1 Å². The van der Waals surface area contributed by atoms with Gasteiger partial charge in [0, 0.05) is 12.2 Å². The normalized spacial score (nSPS) is 16.6. The number of aromatic nitrogens is 1. The summed E-state index contributed by atoms with van der Waals surface area (Å²) in [6.07, 6.45) is 3.11. The van der Waals surface area contributed by atoms with E-state index in [9.17, 15) is 4.79 Å². The van der Waals surface area contributed by atoms with Crippen molar-refractivity contribution >= 4 is 32.6 Å². The molecule has 1 aliphatic rings. The molecule has 1 fully saturated rings. The molecule has 28 heavy (non-hydrogen) atoms. The number of amides is 1. The third-order valence-electron chi connectivity index (χ3n) is 5.49. The van der Waals surface area contributed by atoms with Gasteiger partial charge in [0.25, 0.3) is 5.91 Å². The second-order valence-electron chi connectivity index (χ2n) is 7.50. The van der Waals surface area contributed by atoms with Gasteiger partial charge in [-0.05, 0) is 74.1 Å². The molecule has 0 radical (unpaired) electrons. The van der Waals surface area contributed by atoms with Crippen LogP contribution in [-0.4, -0.2) is 30.1 Å². The Bertz CT molecular complexity index is 1010. The largest absolute Gasteiger partial charge is 0.376 e. The maximum Gasteiger partial charge on any atom is 0.260 e. The van der Waals surface area contributed by atoms with Crippen molar-refractivity contribution in [1.82, 2.24) is 4.98 Å². The molecule has 0 spiro atoms. The molecule has 2 heterocycles. The van der Waals surface area contributed by atoms with Crippen LogP contribution in [0.4, 0.5) is 5.13 Å². The highest BCUT2D eigenvalue weighted by atomic mass is 32.1. The van der Waals surface area contributed by atoms with Gasteiger partial charge < -0.3 is 4.74 Å². The highest BCUT2D eigenvalue weighted by Gasteiger charge is 2.27. The first-order chi connectivity index (χ1) is 13.5. The first-order valence-corrected chi connectivity index (χ1v) is 10.8. The fourth-order valence-electron chi connectivity index (χ4n) is 3.56. The smallest absolute Gasteiger partial charge is 0.260 e. The SMILES string of the molecule is CCc1ccc2nc(N(CC3CCCO3)C(=O)c3ccc(C)c(C)c3)sc2c1. The van der Waals surface area contributed by atoms with E-state index in [1.54, 1.807) is 11.3 Å². The number of aryl methyl sites for hydroxylation is 3. The molecule has 5 heteroatoms. The minimum atomic E-state index is -0.00614. The van der Waals surface area contributed by atoms with Gasteiger partial charge >= 0.3 is 0 Å². The van der Waals surface area contributed by atoms with E-state index in [1.807, 2.05) is 30.0 Å². The van der Waals surface area contributed by atoms with E-state index in [4.69, 9.17) is 9.72 Å². The number of carbonyl (C=O) groups is 1. The van der Waals surface area contributed by atoms with Gasteiger partial charge in [0.05, 0.1) is 22.9 Å². The lowest BCUT2D eigenvalue weighted by Gasteiger charge is -2.23. The first kappa shape index (κ1) is 19.1. The number of nitrogens with zero attached hydrogens (tertiary/aromatic N) is 2. The summed E-state index contributed by atoms with van der Waals surface area (Å²) in [5.74, 6) is -0.00614. The zero-order chi connectivity index (χ0) is 19.7. The standard InChI is InChI=1S/C23H26N2O2S/c1-4-17-8-10-20-21(13-17)28-23(24-20)25(14-19-6-5-11-27-19)22(26)18-9-7-15(2)16(3)12-18/h7-10,12-13,19H,4-6,11,14H2,1-3H3. The highest BCUT2D eigenvalue weighted by Crippen LogP contribution is 2.32. The van der Waals surface area contributed by atoms with E-state index in [0.717, 1.165) is 46.8 Å². The van der Waals surface area contributed by atoms with Crippen molar-refractivity contribution in [2.24, 2.45) is 0 Å². The van der Waals surface area contributed by atoms with Crippen molar-refractivity contribution in [3.63, 3.8) is 0 Å². The molecule has 2 aromatic carbocycles. The second kappa shape index (κ2) is 8.02. The fraction of sp³-hybridized carbons (Fsp3) is 0.391. The molecule has 1 saturated heterocycles. The average Bonchev–Trinajstić information content (AvgIpc) is 3.36. The second-order valence-corrected chi connectivity index (χ2v) is 8.51. The summed E-state index contributed by atoms with van der Waals surface area (Å²) in [6.45, 7) is 7.57. The average molecular weight is 395 g/mol. The van der Waals surface area contributed by atoms with Gasteiger partial charge in [0.1, 0.15) is 0 Å². The van der Waals surface area contributed by atoms with Gasteiger partial charge in [0.15, 0.2) is 5.13 Å². The predicted octanol–water partition coefficient (Wildman–Crippen LogP) is 5.30. The van der Waals surface area contributed by atoms with Crippen LogP contribution < -0.4 is 4.90 Å². The molecule has 0 N–H and O–H groups in total. The van der Waals surface area contributed by atoms with Gasteiger partial charge in [-0.25, -0.2) is 4.98 Å². The number of anilines is 1. The van der Waals surface area contributed by atoms with E-state index in [2.05, 4.69) is 32.0 Å². The number of hydrogen-bond donors (Lipinski definition) is 0. The van der Waals surface area contributed by atoms with Crippen molar-refractivity contribution in [1.29, 1.82) is 0 Å². The molecule has 0 saturated carbocycles. The Kier molecular flexibility index (Phi) is 5.47. The molecule has 3 aromatic rings. The summed E-state index contributed by atoms with van der Waals surface area (Å²) in [7, 11) is 0. The van der Waals surface area contributed by atoms with Gasteiger partial charge in [-0.3, -0.25) is 9.69 Å². The number of benzene rings is 2. The molecule has 1 aliphatic heterocycles. The summed E-state index contributed by atoms with van der Waals surface area (Å²) in [5, 5.41) is 0.752. The van der Waals surface area contributed by atoms with Crippen LogP contribution in [0.25, 0.3) is 10.2 Å². The summed E-state index contributed by atoms with van der Waals surface area (Å²) in [6, 6.07) is 12.2. The van der Waals surface area contributed by atoms with Crippen LogP contribution in [0.15, 0.2) is 36.4 Å². The third-order valence-corrected chi connectivity index (χ3v) is 6.53. The topological polar surface area (TPSA) is 42.4 Å². The number of fused-ring (bicyclic) bond motifs is 1. The van der Waals surface area contributed by atoms with Gasteiger partial charge in [0.2, 0.25) is 0 Å². The molecule has 1 aromatic heterocycles. The zero-order valence-corrected chi connectivity index (χ0v) is 17.5. The highest BCUT2D eigenvalue weighted by molar-refractivity contribution is 7.22. The lowest BCUT2D eigenvalue weighted by atomic mass is 10.1. The Morgan fingerprint density at radius 2 is 2.07 bits per heavy atom. The Morgan fingerprint density at radius 3 is 2.79 bits per heavy atom. The molecule has 1 atom stereocenters. The maximum atomic E-state index is 13.4. The number of hydrogen-bond acceptors (Lipinski definition) is 4. The van der Waals surface area contributed by atoms with Crippen LogP contribution in [0.2, 0.25) is 0 Å². The van der Waals surface area contributed by atoms with Crippen molar-refractivity contribution in [3.8, 4) is 0 Å². The zero-order valence-electron chi connectivity index (χ0n) is 16.7. The lowest BCUT2D eigenvalue weighted by molar-refractivity contribution is 0.0917. The number of carbonyl (C=O) groups excluding carboxylic acids is 1. The van der Waals surface area contributed by atoms with Crippen LogP contribution in [0, 0.1) is 13.8 Å². The molecule has 4 rings (SSSR count). The first-order valence-electron chi connectivity index (χ1n) is 9.95. The molecule has 1 amide bonds. The lowest BCUT2D eigenvalue weighted by Crippen LogP contribution is -2.37. The van der Waals surface area contributed by atoms with E-state index in [1.165, 1.54) is 11.1 Å². The van der Waals surface area contributed by atoms with E-state index >= 15 is 0 Å². The molecule has 0 bridgehead atoms. The van der Waals surface area contributed by atoms with Crippen molar-refractivity contribution < 1.29 is 9.53 Å². The molecular formula is C23H26N2O2S. The number of ether oxygens (including phenoxy) is 1. The van der Waals surface area contributed by atoms with Crippen molar-refractivity contribution in [3.05, 3.63) is 58.7 Å². The predicted molar refractivity (Wildman–Crippen MR) is 116 cm³/mol. The van der Waals surface area contributed by atoms with Crippen LogP contribution in [0.5, 0.6) is 0 Å². The molecule has 4 nitrogen and oxygen atoms in total. The minimum absolute atomic E-state index is 0.00614. The maximum absolute atomic E-state index is 13.4. The fourth-order valence-corrected chi connectivity index (χ4v) is 4.60. The van der Waals surface area contributed by atoms with Crippen LogP contribution >= 0.6 is 11.3 Å². The van der Waals surface area contributed by atoms with Gasteiger partial charge in [-0.15, -0.1) is 0 Å². The Hall–Kier alpha value is -2.24. The minimum Gasteiger partial charge on any atom is -0.376 e. The van der Waals surface area contributed by atoms with E-state index in [0.29, 0.717) is 12.1 Å². The Balaban J connectivity index is 1.72. The molecular weight excluding hydrogens is 368 g/mol. The third kappa shape index (κ3) is 3.82. The molecule has 146 valence electrons. The van der Waals surface area contributed by atoms with Crippen LogP contribution in [0.1, 0.15) is 46.8 Å².